The average Bonchev–Trinajstić information content (AvgIpc) is 2.51. The molecule has 0 aliphatic rings. The Labute approximate surface area is 135 Å². The average molecular weight is 361 g/mol. The largest absolute Gasteiger partial charge is 0.342 e. The summed E-state index contributed by atoms with van der Waals surface area (Å²) >= 11 is 8.84. The van der Waals surface area contributed by atoms with Gasteiger partial charge in [0.25, 0.3) is 0 Å². The standard InChI is InChI=1S/C15H13BrN4S/c1-2-3-11-13(16)15(21)20-14(19-11)9-4-5-10-12(8-9)18-7-6-17-10/h4-8H,2-3H2,1H3,(H,19,20,21). The Morgan fingerprint density at radius 1 is 1.19 bits per heavy atom. The van der Waals surface area contributed by atoms with Crippen LogP contribution in [-0.4, -0.2) is 19.9 Å². The maximum Gasteiger partial charge on any atom is 0.144 e. The van der Waals surface area contributed by atoms with Crippen LogP contribution in [0, 0.1) is 4.64 Å². The lowest BCUT2D eigenvalue weighted by molar-refractivity contribution is 0.865. The Balaban J connectivity index is 2.15. The topological polar surface area (TPSA) is 54.5 Å². The number of hydrogen-bond acceptors (Lipinski definition) is 4. The predicted octanol–water partition coefficient (Wildman–Crippen LogP) is 4.46. The molecule has 21 heavy (non-hydrogen) atoms. The molecule has 0 unspecified atom stereocenters. The van der Waals surface area contributed by atoms with E-state index in [1.165, 1.54) is 0 Å². The third-order valence-electron chi connectivity index (χ3n) is 3.18. The number of aromatic nitrogens is 4. The fourth-order valence-electron chi connectivity index (χ4n) is 2.17. The molecule has 0 radical (unpaired) electrons. The van der Waals surface area contributed by atoms with Crippen molar-refractivity contribution in [2.75, 3.05) is 0 Å². The van der Waals surface area contributed by atoms with Crippen molar-refractivity contribution in [1.29, 1.82) is 0 Å². The summed E-state index contributed by atoms with van der Waals surface area (Å²) in [5.74, 6) is 0.763. The molecular formula is C15H13BrN4S. The Hall–Kier alpha value is -1.66. The quantitative estimate of drug-likeness (QED) is 0.700. The molecule has 4 nitrogen and oxygen atoms in total. The number of aryl methyl sites for hydroxylation is 1. The first-order chi connectivity index (χ1) is 10.2. The van der Waals surface area contributed by atoms with Gasteiger partial charge in [0.15, 0.2) is 0 Å². The molecular weight excluding hydrogens is 348 g/mol. The van der Waals surface area contributed by atoms with Gasteiger partial charge in [-0.15, -0.1) is 0 Å². The van der Waals surface area contributed by atoms with E-state index >= 15 is 0 Å². The van der Waals surface area contributed by atoms with E-state index in [2.05, 4.69) is 42.8 Å². The highest BCUT2D eigenvalue weighted by atomic mass is 79.9. The smallest absolute Gasteiger partial charge is 0.144 e. The van der Waals surface area contributed by atoms with Crippen molar-refractivity contribution in [3.05, 3.63) is 45.4 Å². The van der Waals surface area contributed by atoms with Crippen LogP contribution >= 0.6 is 28.1 Å². The summed E-state index contributed by atoms with van der Waals surface area (Å²) in [4.78, 5) is 16.4. The van der Waals surface area contributed by atoms with Gasteiger partial charge in [-0.25, -0.2) is 4.98 Å². The summed E-state index contributed by atoms with van der Waals surface area (Å²) in [7, 11) is 0. The Kier molecular flexibility index (Phi) is 4.07. The zero-order chi connectivity index (χ0) is 14.8. The number of halogens is 1. The van der Waals surface area contributed by atoms with E-state index in [0.717, 1.165) is 45.4 Å². The van der Waals surface area contributed by atoms with E-state index in [1.54, 1.807) is 12.4 Å². The third-order valence-corrected chi connectivity index (χ3v) is 4.59. The van der Waals surface area contributed by atoms with Crippen molar-refractivity contribution < 1.29 is 0 Å². The molecule has 0 saturated heterocycles. The van der Waals surface area contributed by atoms with Crippen LogP contribution in [0.15, 0.2) is 35.1 Å². The van der Waals surface area contributed by atoms with Crippen LogP contribution in [0.25, 0.3) is 22.4 Å². The first-order valence-corrected chi connectivity index (χ1v) is 7.89. The Morgan fingerprint density at radius 2 is 1.95 bits per heavy atom. The van der Waals surface area contributed by atoms with Crippen LogP contribution in [0.2, 0.25) is 0 Å². The number of nitrogens with zero attached hydrogens (tertiary/aromatic N) is 3. The zero-order valence-electron chi connectivity index (χ0n) is 11.4. The van der Waals surface area contributed by atoms with Crippen LogP contribution in [0.4, 0.5) is 0 Å². The number of nitrogens with one attached hydrogen (secondary N) is 1. The lowest BCUT2D eigenvalue weighted by Crippen LogP contribution is -1.98. The van der Waals surface area contributed by atoms with E-state index in [1.807, 2.05) is 18.2 Å². The molecule has 0 amide bonds. The van der Waals surface area contributed by atoms with Crippen molar-refractivity contribution in [2.45, 2.75) is 19.8 Å². The zero-order valence-corrected chi connectivity index (χ0v) is 13.8. The summed E-state index contributed by atoms with van der Waals surface area (Å²) in [6.07, 6.45) is 5.34. The second-order valence-corrected chi connectivity index (χ2v) is 5.87. The van der Waals surface area contributed by atoms with E-state index < -0.39 is 0 Å². The molecule has 2 heterocycles. The van der Waals surface area contributed by atoms with Gasteiger partial charge in [0.2, 0.25) is 0 Å². The molecule has 0 bridgehead atoms. The summed E-state index contributed by atoms with van der Waals surface area (Å²) in [6, 6.07) is 5.89. The fourth-order valence-corrected chi connectivity index (χ4v) is 2.78. The van der Waals surface area contributed by atoms with Crippen LogP contribution < -0.4 is 0 Å². The molecule has 2 aromatic heterocycles. The molecule has 3 rings (SSSR count). The predicted molar refractivity (Wildman–Crippen MR) is 89.6 cm³/mol. The number of H-pyrrole nitrogens is 1. The van der Waals surface area contributed by atoms with Crippen LogP contribution in [0.3, 0.4) is 0 Å². The van der Waals surface area contributed by atoms with Crippen molar-refractivity contribution in [2.24, 2.45) is 0 Å². The van der Waals surface area contributed by atoms with Gasteiger partial charge >= 0.3 is 0 Å². The molecule has 6 heteroatoms. The van der Waals surface area contributed by atoms with E-state index in [0.29, 0.717) is 4.64 Å². The van der Waals surface area contributed by atoms with Gasteiger partial charge in [-0.05, 0) is 40.5 Å². The lowest BCUT2D eigenvalue weighted by atomic mass is 10.1. The molecule has 3 aromatic rings. The minimum Gasteiger partial charge on any atom is -0.342 e. The highest BCUT2D eigenvalue weighted by Crippen LogP contribution is 2.24. The number of benzene rings is 1. The highest BCUT2D eigenvalue weighted by molar-refractivity contribution is 9.10. The Morgan fingerprint density at radius 3 is 2.71 bits per heavy atom. The maximum atomic E-state index is 5.33. The summed E-state index contributed by atoms with van der Waals surface area (Å²) < 4.78 is 1.45. The van der Waals surface area contributed by atoms with Crippen LogP contribution in [0.1, 0.15) is 19.0 Å². The lowest BCUT2D eigenvalue weighted by Gasteiger charge is -2.08. The SMILES string of the molecule is CCCc1[nH]c(-c2ccc3nccnc3c2)nc(=S)c1Br. The van der Waals surface area contributed by atoms with Crippen molar-refractivity contribution in [3.8, 4) is 11.4 Å². The number of aromatic amines is 1. The molecule has 0 fully saturated rings. The second-order valence-electron chi connectivity index (χ2n) is 4.69. The molecule has 0 aliphatic carbocycles. The fraction of sp³-hybridized carbons (Fsp3) is 0.200. The van der Waals surface area contributed by atoms with Gasteiger partial charge in [-0.1, -0.05) is 25.6 Å². The maximum absolute atomic E-state index is 5.33. The number of hydrogen-bond donors (Lipinski definition) is 1. The number of fused-ring (bicyclic) bond motifs is 1. The monoisotopic (exact) mass is 360 g/mol. The Bertz CT molecular complexity index is 860. The second kappa shape index (κ2) is 5.99. The molecule has 106 valence electrons. The van der Waals surface area contributed by atoms with Gasteiger partial charge in [-0.2, -0.15) is 0 Å². The molecule has 0 atom stereocenters. The van der Waals surface area contributed by atoms with Crippen molar-refractivity contribution in [3.63, 3.8) is 0 Å². The van der Waals surface area contributed by atoms with E-state index in [-0.39, 0.29) is 0 Å². The summed E-state index contributed by atoms with van der Waals surface area (Å²) in [6.45, 7) is 2.13. The summed E-state index contributed by atoms with van der Waals surface area (Å²) in [5.41, 5.74) is 3.74. The molecule has 0 aliphatic heterocycles. The van der Waals surface area contributed by atoms with E-state index in [4.69, 9.17) is 12.2 Å². The normalized spacial score (nSPS) is 11.0. The van der Waals surface area contributed by atoms with Crippen LogP contribution in [0.5, 0.6) is 0 Å². The molecule has 1 aromatic carbocycles. The van der Waals surface area contributed by atoms with Crippen molar-refractivity contribution in [1.82, 2.24) is 19.9 Å². The van der Waals surface area contributed by atoms with Crippen molar-refractivity contribution >= 4 is 39.2 Å². The third kappa shape index (κ3) is 2.87. The molecule has 1 N–H and O–H groups in total. The first-order valence-electron chi connectivity index (χ1n) is 6.69. The number of rotatable bonds is 3. The first kappa shape index (κ1) is 14.3. The van der Waals surface area contributed by atoms with Crippen LogP contribution in [-0.2, 0) is 6.42 Å². The molecule has 0 spiro atoms. The summed E-state index contributed by atoms with van der Waals surface area (Å²) in [5, 5.41) is 0. The minimum atomic E-state index is 0.575. The van der Waals surface area contributed by atoms with E-state index in [9.17, 15) is 0 Å². The van der Waals surface area contributed by atoms with Gasteiger partial charge < -0.3 is 4.98 Å². The van der Waals surface area contributed by atoms with Gasteiger partial charge in [-0.3, -0.25) is 9.97 Å². The van der Waals surface area contributed by atoms with Gasteiger partial charge in [0.05, 0.1) is 15.5 Å². The highest BCUT2D eigenvalue weighted by Gasteiger charge is 2.08. The molecule has 0 saturated carbocycles. The minimum absolute atomic E-state index is 0.575. The van der Waals surface area contributed by atoms with Gasteiger partial charge in [0, 0.05) is 23.7 Å². The van der Waals surface area contributed by atoms with Gasteiger partial charge in [0.1, 0.15) is 10.5 Å².